The van der Waals surface area contributed by atoms with Crippen LogP contribution in [0.5, 0.6) is 11.5 Å². The summed E-state index contributed by atoms with van der Waals surface area (Å²) in [5, 5.41) is 14.1. The van der Waals surface area contributed by atoms with Gasteiger partial charge in [0, 0.05) is 43.6 Å². The van der Waals surface area contributed by atoms with Crippen molar-refractivity contribution in [3.05, 3.63) is 48.5 Å². The first kappa shape index (κ1) is 24.7. The molecule has 2 atom stereocenters. The van der Waals surface area contributed by atoms with Gasteiger partial charge in [-0.15, -0.1) is 0 Å². The predicted molar refractivity (Wildman–Crippen MR) is 126 cm³/mol. The highest BCUT2D eigenvalue weighted by molar-refractivity contribution is 5.95. The van der Waals surface area contributed by atoms with Crippen LogP contribution in [-0.2, 0) is 4.79 Å². The number of rotatable bonds is 7. The summed E-state index contributed by atoms with van der Waals surface area (Å²) < 4.78 is 51.5. The van der Waals surface area contributed by atoms with Crippen LogP contribution in [0.3, 0.4) is 0 Å². The Labute approximate surface area is 201 Å². The number of benzene rings is 2. The zero-order valence-corrected chi connectivity index (χ0v) is 19.5. The van der Waals surface area contributed by atoms with E-state index in [1.807, 2.05) is 24.3 Å². The second-order valence-electron chi connectivity index (χ2n) is 8.78. The van der Waals surface area contributed by atoms with Crippen molar-refractivity contribution in [3.63, 3.8) is 0 Å². The molecule has 2 aliphatic rings. The number of carbonyl (C=O) groups is 1. The second-order valence-corrected chi connectivity index (χ2v) is 8.78. The molecular formula is C25H28F3N3O4. The molecule has 0 aromatic heterocycles. The molecule has 2 unspecified atom stereocenters. The number of hydrogen-bond acceptors (Lipinski definition) is 6. The Hall–Kier alpha value is -3.43. The Morgan fingerprint density at radius 1 is 1.09 bits per heavy atom. The van der Waals surface area contributed by atoms with Crippen LogP contribution < -0.4 is 19.4 Å². The summed E-state index contributed by atoms with van der Waals surface area (Å²) >= 11 is 0. The molecule has 2 aromatic carbocycles. The number of alkyl halides is 3. The van der Waals surface area contributed by atoms with E-state index in [1.165, 1.54) is 6.92 Å². The molecule has 188 valence electrons. The van der Waals surface area contributed by atoms with E-state index in [0.29, 0.717) is 11.4 Å². The van der Waals surface area contributed by atoms with Crippen LogP contribution in [0.15, 0.2) is 53.6 Å². The van der Waals surface area contributed by atoms with Crippen molar-refractivity contribution < 1.29 is 32.5 Å². The van der Waals surface area contributed by atoms with Crippen LogP contribution in [0, 0.1) is 5.92 Å². The number of anilines is 2. The third kappa shape index (κ3) is 5.63. The van der Waals surface area contributed by atoms with Crippen molar-refractivity contribution in [2.45, 2.75) is 44.5 Å². The van der Waals surface area contributed by atoms with Gasteiger partial charge in [0.15, 0.2) is 0 Å². The maximum atomic E-state index is 13.4. The highest BCUT2D eigenvalue weighted by Crippen LogP contribution is 2.37. The van der Waals surface area contributed by atoms with Crippen LogP contribution in [-0.4, -0.2) is 55.3 Å². The van der Waals surface area contributed by atoms with E-state index in [9.17, 15) is 23.1 Å². The van der Waals surface area contributed by atoms with Gasteiger partial charge < -0.3 is 19.5 Å². The Balaban J connectivity index is 1.40. The van der Waals surface area contributed by atoms with Crippen molar-refractivity contribution in [2.75, 3.05) is 30.1 Å². The molecule has 0 saturated carbocycles. The number of halogens is 3. The average Bonchev–Trinajstić information content (AvgIpc) is 3.16. The van der Waals surface area contributed by atoms with Gasteiger partial charge >= 0.3 is 12.1 Å². The fraction of sp³-hybridized carbons (Fsp3) is 0.440. The van der Waals surface area contributed by atoms with Crippen LogP contribution in [0.2, 0.25) is 0 Å². The summed E-state index contributed by atoms with van der Waals surface area (Å²) in [6.45, 7) is 3.01. The molecule has 0 spiro atoms. The number of ether oxygens (including phenoxy) is 2. The monoisotopic (exact) mass is 491 g/mol. The van der Waals surface area contributed by atoms with Crippen molar-refractivity contribution in [1.29, 1.82) is 0 Å². The normalized spacial score (nSPS) is 21.1. The summed E-state index contributed by atoms with van der Waals surface area (Å²) in [4.78, 5) is 13.5. The minimum Gasteiger partial charge on any atom is -0.497 e. The zero-order valence-electron chi connectivity index (χ0n) is 19.5. The minimum atomic E-state index is -4.62. The van der Waals surface area contributed by atoms with E-state index >= 15 is 0 Å². The fourth-order valence-electron chi connectivity index (χ4n) is 4.59. The van der Waals surface area contributed by atoms with E-state index < -0.39 is 36.2 Å². The smallest absolute Gasteiger partial charge is 0.431 e. The lowest BCUT2D eigenvalue weighted by molar-refractivity contribution is -0.137. The molecular weight excluding hydrogens is 463 g/mol. The summed E-state index contributed by atoms with van der Waals surface area (Å²) in [5.74, 6) is -0.816. The van der Waals surface area contributed by atoms with Gasteiger partial charge in [-0.2, -0.15) is 18.3 Å². The number of nitrogens with zero attached hydrogens (tertiary/aromatic N) is 3. The summed E-state index contributed by atoms with van der Waals surface area (Å²) in [6, 6.07) is 13.6. The summed E-state index contributed by atoms with van der Waals surface area (Å²) in [5.41, 5.74) is 0.524. The Morgan fingerprint density at radius 3 is 2.37 bits per heavy atom. The Morgan fingerprint density at radius 2 is 1.77 bits per heavy atom. The quantitative estimate of drug-likeness (QED) is 0.590. The number of hydrogen-bond donors (Lipinski definition) is 1. The standard InChI is InChI=1S/C25H28F3N3O4/c1-16-22(15-23(32)33)31(29-24(16)25(26,27)28)17-6-8-19(9-7-17)35-20-10-12-30(13-11-20)18-4-3-5-21(14-18)34-2/h3-9,14,16,20,22H,10-13,15H2,1-2H3,(H,32,33). The van der Waals surface area contributed by atoms with Crippen LogP contribution in [0.4, 0.5) is 24.5 Å². The lowest BCUT2D eigenvalue weighted by Gasteiger charge is -2.34. The number of carboxylic acids is 1. The van der Waals surface area contributed by atoms with Crippen LogP contribution in [0.1, 0.15) is 26.2 Å². The maximum absolute atomic E-state index is 13.4. The molecule has 1 saturated heterocycles. The molecule has 10 heteroatoms. The van der Waals surface area contributed by atoms with E-state index in [4.69, 9.17) is 9.47 Å². The highest BCUT2D eigenvalue weighted by atomic mass is 19.4. The molecule has 0 amide bonds. The fourth-order valence-corrected chi connectivity index (χ4v) is 4.59. The number of carboxylic acid groups (broad SMARTS) is 1. The van der Waals surface area contributed by atoms with Gasteiger partial charge in [-0.3, -0.25) is 9.80 Å². The average molecular weight is 492 g/mol. The van der Waals surface area contributed by atoms with E-state index in [0.717, 1.165) is 42.4 Å². The van der Waals surface area contributed by atoms with Crippen molar-refractivity contribution >= 4 is 23.1 Å². The molecule has 0 bridgehead atoms. The SMILES string of the molecule is COc1cccc(N2CCC(Oc3ccc(N4N=C(C(F)(F)F)C(C)C4CC(=O)O)cc3)CC2)c1. The van der Waals surface area contributed by atoms with Gasteiger partial charge in [-0.05, 0) is 36.4 Å². The Bertz CT molecular complexity index is 1070. The Kier molecular flexibility index (Phi) is 7.09. The van der Waals surface area contributed by atoms with Crippen LogP contribution in [0.25, 0.3) is 0 Å². The molecule has 0 radical (unpaired) electrons. The van der Waals surface area contributed by atoms with E-state index in [2.05, 4.69) is 10.0 Å². The predicted octanol–water partition coefficient (Wildman–Crippen LogP) is 4.96. The highest BCUT2D eigenvalue weighted by Gasteiger charge is 2.48. The second kappa shape index (κ2) is 10.1. The van der Waals surface area contributed by atoms with E-state index in [1.54, 1.807) is 31.4 Å². The van der Waals surface area contributed by atoms with Gasteiger partial charge in [-0.1, -0.05) is 13.0 Å². The van der Waals surface area contributed by atoms with Gasteiger partial charge in [0.25, 0.3) is 0 Å². The van der Waals surface area contributed by atoms with Crippen LogP contribution >= 0.6 is 0 Å². The first-order valence-electron chi connectivity index (χ1n) is 11.5. The van der Waals surface area contributed by atoms with Crippen molar-refractivity contribution in [1.82, 2.24) is 0 Å². The topological polar surface area (TPSA) is 74.6 Å². The largest absolute Gasteiger partial charge is 0.497 e. The molecule has 2 aromatic rings. The first-order valence-corrected chi connectivity index (χ1v) is 11.5. The molecule has 7 nitrogen and oxygen atoms in total. The molecule has 1 N–H and O–H groups in total. The number of methoxy groups -OCH3 is 1. The van der Waals surface area contributed by atoms with Gasteiger partial charge in [0.2, 0.25) is 0 Å². The zero-order chi connectivity index (χ0) is 25.2. The third-order valence-corrected chi connectivity index (χ3v) is 6.48. The van der Waals surface area contributed by atoms with Gasteiger partial charge in [-0.25, -0.2) is 0 Å². The maximum Gasteiger partial charge on any atom is 0.431 e. The summed E-state index contributed by atoms with van der Waals surface area (Å²) in [7, 11) is 1.64. The number of piperidine rings is 1. The molecule has 35 heavy (non-hydrogen) atoms. The first-order chi connectivity index (χ1) is 16.7. The third-order valence-electron chi connectivity index (χ3n) is 6.48. The molecule has 2 aliphatic heterocycles. The molecule has 4 rings (SSSR count). The minimum absolute atomic E-state index is 0.0177. The lowest BCUT2D eigenvalue weighted by Crippen LogP contribution is -2.38. The van der Waals surface area contributed by atoms with Gasteiger partial charge in [0.1, 0.15) is 23.3 Å². The van der Waals surface area contributed by atoms with Crippen molar-refractivity contribution in [2.24, 2.45) is 11.0 Å². The molecule has 0 aliphatic carbocycles. The van der Waals surface area contributed by atoms with Gasteiger partial charge in [0.05, 0.1) is 25.3 Å². The number of hydrazone groups is 1. The summed E-state index contributed by atoms with van der Waals surface area (Å²) in [6.07, 6.45) is -3.41. The number of aliphatic carboxylic acids is 1. The lowest BCUT2D eigenvalue weighted by atomic mass is 9.94. The van der Waals surface area contributed by atoms with E-state index in [-0.39, 0.29) is 6.10 Å². The molecule has 2 heterocycles. The van der Waals surface area contributed by atoms with Crippen molar-refractivity contribution in [3.8, 4) is 11.5 Å². The molecule has 1 fully saturated rings.